The van der Waals surface area contributed by atoms with Gasteiger partial charge in [-0.25, -0.2) is 4.99 Å². The van der Waals surface area contributed by atoms with Crippen LogP contribution in [-0.2, 0) is 0 Å². The molecule has 1 aromatic heterocycles. The molecule has 0 saturated carbocycles. The number of hydrogen-bond acceptors (Lipinski definition) is 7. The average molecular weight is 643 g/mol. The maximum atomic E-state index is 14.2. The number of benzene rings is 3. The van der Waals surface area contributed by atoms with Crippen LogP contribution in [0.2, 0.25) is 0 Å². The molecule has 4 aromatic rings. The van der Waals surface area contributed by atoms with Crippen molar-refractivity contribution in [1.29, 1.82) is 0 Å². The van der Waals surface area contributed by atoms with E-state index in [4.69, 9.17) is 9.73 Å². The molecule has 0 spiro atoms. The Morgan fingerprint density at radius 3 is 2.17 bits per heavy atom. The van der Waals surface area contributed by atoms with Gasteiger partial charge in [0.1, 0.15) is 0 Å². The molecule has 3 aromatic carbocycles. The molecule has 0 radical (unpaired) electrons. The number of fused-ring (bicyclic) bond motifs is 1. The topological polar surface area (TPSA) is 59.3 Å². The maximum absolute atomic E-state index is 14.2. The third-order valence-electron chi connectivity index (χ3n) is 8.31. The van der Waals surface area contributed by atoms with Gasteiger partial charge in [-0.05, 0) is 95.6 Å². The Balaban J connectivity index is 1.50. The molecule has 0 bridgehead atoms. The molecule has 2 heterocycles. The third kappa shape index (κ3) is 6.22. The number of thiazole rings is 1. The highest BCUT2D eigenvalue weighted by Gasteiger charge is 2.32. The lowest BCUT2D eigenvalue weighted by Gasteiger charge is -2.31. The first-order valence-corrected chi connectivity index (χ1v) is 15.9. The van der Waals surface area contributed by atoms with E-state index < -0.39 is 6.61 Å². The highest BCUT2D eigenvalue weighted by atomic mass is 32.1. The maximum Gasteiger partial charge on any atom is 0.387 e. The first-order chi connectivity index (χ1) is 22.1. The van der Waals surface area contributed by atoms with Crippen molar-refractivity contribution < 1.29 is 18.3 Å². The summed E-state index contributed by atoms with van der Waals surface area (Å²) in [5.41, 5.74) is 8.05. The van der Waals surface area contributed by atoms with E-state index in [1.54, 1.807) is 22.8 Å². The second kappa shape index (κ2) is 13.0. The van der Waals surface area contributed by atoms with Crippen molar-refractivity contribution in [3.63, 3.8) is 0 Å². The van der Waals surface area contributed by atoms with Crippen molar-refractivity contribution in [1.82, 2.24) is 4.57 Å². The lowest BCUT2D eigenvalue weighted by Crippen LogP contribution is -2.39. The molecule has 238 valence electrons. The van der Waals surface area contributed by atoms with Crippen LogP contribution >= 0.6 is 11.3 Å². The fraction of sp³-hybridized carbons (Fsp3) is 0.278. The molecule has 2 aliphatic rings. The van der Waals surface area contributed by atoms with Gasteiger partial charge in [0.25, 0.3) is 5.56 Å². The summed E-state index contributed by atoms with van der Waals surface area (Å²) in [7, 11) is 9.44. The molecule has 1 unspecified atom stereocenters. The van der Waals surface area contributed by atoms with E-state index in [1.165, 1.54) is 24.5 Å². The normalized spacial score (nSPS) is 17.1. The van der Waals surface area contributed by atoms with Gasteiger partial charge in [-0.1, -0.05) is 41.7 Å². The first kappa shape index (κ1) is 31.3. The average Bonchev–Trinajstić information content (AvgIpc) is 3.35. The zero-order valence-corrected chi connectivity index (χ0v) is 27.3. The van der Waals surface area contributed by atoms with Gasteiger partial charge in [-0.15, -0.1) is 0 Å². The Morgan fingerprint density at radius 1 is 0.891 bits per heavy atom. The smallest absolute Gasteiger partial charge is 0.387 e. The largest absolute Gasteiger partial charge is 0.493 e. The molecule has 1 atom stereocenters. The van der Waals surface area contributed by atoms with Gasteiger partial charge in [0.05, 0.1) is 23.4 Å². The van der Waals surface area contributed by atoms with E-state index in [0.717, 1.165) is 58.6 Å². The van der Waals surface area contributed by atoms with Gasteiger partial charge >= 0.3 is 6.61 Å². The van der Waals surface area contributed by atoms with E-state index in [1.807, 2.05) is 28.2 Å². The molecule has 0 amide bonds. The number of hydrogen-bond donors (Lipinski definition) is 0. The Morgan fingerprint density at radius 2 is 1.54 bits per heavy atom. The summed E-state index contributed by atoms with van der Waals surface area (Å²) < 4.78 is 37.9. The van der Waals surface area contributed by atoms with Gasteiger partial charge in [0, 0.05) is 39.6 Å². The second-order valence-corrected chi connectivity index (χ2v) is 12.7. The summed E-state index contributed by atoms with van der Waals surface area (Å²) in [5.74, 6) is 0.0881. The number of alkyl halides is 2. The summed E-state index contributed by atoms with van der Waals surface area (Å²) in [6, 6.07) is 21.1. The Bertz CT molecular complexity index is 1990. The monoisotopic (exact) mass is 642 g/mol. The Labute approximate surface area is 270 Å². The van der Waals surface area contributed by atoms with E-state index in [-0.39, 0.29) is 23.1 Å². The predicted molar refractivity (Wildman–Crippen MR) is 181 cm³/mol. The number of anilines is 2. The number of aromatic nitrogens is 1. The standard InChI is InChI=1S/C36H36F2N4O3S/c1-40(2)26-14-9-22(10-15-26)19-25-7-6-8-28-32(25)39-36-42(33(28)24-12-16-27(17-13-24)41(3)4)34(43)31(46-36)21-23-11-18-29(45-35(37)38)30(20-23)44-5/h9-21,33,35H,6-8H2,1-5H3. The molecule has 1 aliphatic carbocycles. The van der Waals surface area contributed by atoms with Gasteiger partial charge in [-0.3, -0.25) is 9.36 Å². The SMILES string of the molecule is COc1cc(C=c2sc3n(c2=O)C(c2ccc(N(C)C)cc2)C2=C(N=3)C(=Cc3ccc(N(C)C)cc3)CCC2)ccc1OC(F)F. The summed E-state index contributed by atoms with van der Waals surface area (Å²) in [6.45, 7) is -2.97. The van der Waals surface area contributed by atoms with Crippen molar-refractivity contribution in [2.75, 3.05) is 45.1 Å². The molecule has 0 fully saturated rings. The molecule has 7 nitrogen and oxygen atoms in total. The lowest BCUT2D eigenvalue weighted by atomic mass is 9.83. The van der Waals surface area contributed by atoms with E-state index in [0.29, 0.717) is 14.9 Å². The third-order valence-corrected chi connectivity index (χ3v) is 9.29. The number of methoxy groups -OCH3 is 1. The van der Waals surface area contributed by atoms with Crippen LogP contribution in [0, 0.1) is 0 Å². The molecule has 1 aliphatic heterocycles. The highest BCUT2D eigenvalue weighted by Crippen LogP contribution is 2.41. The lowest BCUT2D eigenvalue weighted by molar-refractivity contribution is -0.0512. The van der Waals surface area contributed by atoms with Gasteiger partial charge in [0.15, 0.2) is 16.3 Å². The van der Waals surface area contributed by atoms with E-state index >= 15 is 0 Å². The van der Waals surface area contributed by atoms with E-state index in [2.05, 4.69) is 69.1 Å². The molecule has 0 saturated heterocycles. The molecular formula is C36H36F2N4O3S. The molecular weight excluding hydrogens is 606 g/mol. The quantitative estimate of drug-likeness (QED) is 0.228. The fourth-order valence-electron chi connectivity index (χ4n) is 6.00. The Hall–Kier alpha value is -4.70. The summed E-state index contributed by atoms with van der Waals surface area (Å²) in [5, 5.41) is 0. The summed E-state index contributed by atoms with van der Waals surface area (Å²) >= 11 is 1.32. The Kier molecular flexibility index (Phi) is 8.82. The minimum absolute atomic E-state index is 0.0689. The highest BCUT2D eigenvalue weighted by molar-refractivity contribution is 7.07. The van der Waals surface area contributed by atoms with Crippen LogP contribution in [-0.4, -0.2) is 46.5 Å². The van der Waals surface area contributed by atoms with Crippen LogP contribution in [0.25, 0.3) is 12.2 Å². The fourth-order valence-corrected chi connectivity index (χ4v) is 7.00. The zero-order valence-electron chi connectivity index (χ0n) is 26.5. The van der Waals surface area contributed by atoms with Crippen LogP contribution in [0.3, 0.4) is 0 Å². The minimum Gasteiger partial charge on any atom is -0.493 e. The van der Waals surface area contributed by atoms with Crippen LogP contribution in [0.5, 0.6) is 11.5 Å². The van der Waals surface area contributed by atoms with Gasteiger partial charge in [-0.2, -0.15) is 8.78 Å². The summed E-state index contributed by atoms with van der Waals surface area (Å²) in [6.07, 6.45) is 6.65. The predicted octanol–water partition coefficient (Wildman–Crippen LogP) is 6.22. The van der Waals surface area contributed by atoms with Crippen LogP contribution < -0.4 is 34.2 Å². The van der Waals surface area contributed by atoms with Gasteiger partial charge in [0.2, 0.25) is 0 Å². The second-order valence-electron chi connectivity index (χ2n) is 11.7. The van der Waals surface area contributed by atoms with E-state index in [9.17, 15) is 13.6 Å². The van der Waals surface area contributed by atoms with Crippen LogP contribution in [0.4, 0.5) is 20.2 Å². The molecule has 0 N–H and O–H groups in total. The van der Waals surface area contributed by atoms with Crippen molar-refractivity contribution in [2.45, 2.75) is 31.9 Å². The van der Waals surface area contributed by atoms with Crippen LogP contribution in [0.15, 0.2) is 93.4 Å². The number of halogens is 2. The van der Waals surface area contributed by atoms with Crippen LogP contribution in [0.1, 0.15) is 42.0 Å². The van der Waals surface area contributed by atoms with Crippen molar-refractivity contribution >= 4 is 34.9 Å². The van der Waals surface area contributed by atoms with Crippen molar-refractivity contribution in [2.24, 2.45) is 4.99 Å². The molecule has 10 heteroatoms. The first-order valence-electron chi connectivity index (χ1n) is 15.1. The summed E-state index contributed by atoms with van der Waals surface area (Å²) in [4.78, 5) is 24.0. The van der Waals surface area contributed by atoms with Gasteiger partial charge < -0.3 is 19.3 Å². The number of ether oxygens (including phenoxy) is 2. The van der Waals surface area contributed by atoms with Crippen molar-refractivity contribution in [3.8, 4) is 11.5 Å². The molecule has 46 heavy (non-hydrogen) atoms. The van der Waals surface area contributed by atoms with Crippen molar-refractivity contribution in [3.05, 3.63) is 120 Å². The number of allylic oxidation sites excluding steroid dienone is 2. The molecule has 6 rings (SSSR count). The minimum atomic E-state index is -2.97. The zero-order chi connectivity index (χ0) is 32.5. The number of nitrogens with zero attached hydrogens (tertiary/aromatic N) is 4. The number of rotatable bonds is 8.